The SMILES string of the molecule is Cc1nc(C)c(C(=O)NC(Cn2nccn2)c2ccccc2)s1. The lowest BCUT2D eigenvalue weighted by Gasteiger charge is -2.18. The fourth-order valence-electron chi connectivity index (χ4n) is 2.39. The molecule has 0 radical (unpaired) electrons. The lowest BCUT2D eigenvalue weighted by atomic mass is 10.1. The molecule has 1 atom stereocenters. The summed E-state index contributed by atoms with van der Waals surface area (Å²) >= 11 is 1.41. The van der Waals surface area contributed by atoms with Crippen molar-refractivity contribution in [1.82, 2.24) is 25.3 Å². The van der Waals surface area contributed by atoms with Gasteiger partial charge in [0.2, 0.25) is 0 Å². The fraction of sp³-hybridized carbons (Fsp3) is 0.250. The van der Waals surface area contributed by atoms with Crippen molar-refractivity contribution in [2.75, 3.05) is 0 Å². The number of thiazole rings is 1. The number of carbonyl (C=O) groups is 1. The average molecular weight is 327 g/mol. The smallest absolute Gasteiger partial charge is 0.263 e. The Morgan fingerprint density at radius 1 is 1.22 bits per heavy atom. The van der Waals surface area contributed by atoms with E-state index >= 15 is 0 Å². The van der Waals surface area contributed by atoms with Gasteiger partial charge in [-0.2, -0.15) is 15.0 Å². The van der Waals surface area contributed by atoms with Crippen molar-refractivity contribution in [3.05, 3.63) is 63.9 Å². The highest BCUT2D eigenvalue weighted by molar-refractivity contribution is 7.13. The lowest BCUT2D eigenvalue weighted by Crippen LogP contribution is -2.32. The van der Waals surface area contributed by atoms with E-state index in [9.17, 15) is 4.79 Å². The zero-order chi connectivity index (χ0) is 16.2. The van der Waals surface area contributed by atoms with Crippen molar-refractivity contribution in [2.45, 2.75) is 26.4 Å². The summed E-state index contributed by atoms with van der Waals surface area (Å²) in [6.07, 6.45) is 3.25. The Morgan fingerprint density at radius 3 is 2.52 bits per heavy atom. The molecule has 0 spiro atoms. The van der Waals surface area contributed by atoms with Gasteiger partial charge in [-0.15, -0.1) is 11.3 Å². The molecule has 0 saturated heterocycles. The third-order valence-electron chi connectivity index (χ3n) is 3.43. The highest BCUT2D eigenvalue weighted by Gasteiger charge is 2.20. The van der Waals surface area contributed by atoms with E-state index < -0.39 is 0 Å². The molecule has 1 unspecified atom stereocenters. The van der Waals surface area contributed by atoms with Gasteiger partial charge in [0.05, 0.1) is 35.7 Å². The van der Waals surface area contributed by atoms with E-state index in [0.29, 0.717) is 11.4 Å². The Kier molecular flexibility index (Phi) is 4.47. The number of hydrogen-bond acceptors (Lipinski definition) is 5. The number of aryl methyl sites for hydroxylation is 2. The molecule has 3 aromatic rings. The van der Waals surface area contributed by atoms with Crippen LogP contribution >= 0.6 is 11.3 Å². The molecule has 6 nitrogen and oxygen atoms in total. The quantitative estimate of drug-likeness (QED) is 0.781. The molecule has 3 rings (SSSR count). The van der Waals surface area contributed by atoms with Crippen LogP contribution in [0, 0.1) is 13.8 Å². The molecule has 1 aromatic carbocycles. The summed E-state index contributed by atoms with van der Waals surface area (Å²) in [6, 6.07) is 9.61. The number of nitrogens with one attached hydrogen (secondary N) is 1. The highest BCUT2D eigenvalue weighted by Crippen LogP contribution is 2.20. The number of carbonyl (C=O) groups excluding carboxylic acids is 1. The van der Waals surface area contributed by atoms with Gasteiger partial charge >= 0.3 is 0 Å². The number of nitrogens with zero attached hydrogens (tertiary/aromatic N) is 4. The largest absolute Gasteiger partial charge is 0.343 e. The molecule has 0 bridgehead atoms. The number of aromatic nitrogens is 4. The minimum atomic E-state index is -0.210. The van der Waals surface area contributed by atoms with Crippen molar-refractivity contribution in [1.29, 1.82) is 0 Å². The van der Waals surface area contributed by atoms with Crippen molar-refractivity contribution < 1.29 is 4.79 Å². The van der Waals surface area contributed by atoms with Gasteiger partial charge in [-0.3, -0.25) is 4.79 Å². The van der Waals surface area contributed by atoms with E-state index in [1.165, 1.54) is 11.3 Å². The van der Waals surface area contributed by atoms with Crippen LogP contribution in [0.3, 0.4) is 0 Å². The van der Waals surface area contributed by atoms with Crippen LogP contribution in [0.25, 0.3) is 0 Å². The second-order valence-electron chi connectivity index (χ2n) is 5.17. The molecule has 0 aliphatic carbocycles. The maximum atomic E-state index is 12.6. The van der Waals surface area contributed by atoms with Crippen LogP contribution < -0.4 is 5.32 Å². The van der Waals surface area contributed by atoms with Crippen LogP contribution in [0.2, 0.25) is 0 Å². The van der Waals surface area contributed by atoms with Gasteiger partial charge in [-0.05, 0) is 19.4 Å². The normalized spacial score (nSPS) is 12.1. The molecule has 23 heavy (non-hydrogen) atoms. The summed E-state index contributed by atoms with van der Waals surface area (Å²) < 4.78 is 0. The van der Waals surface area contributed by atoms with E-state index in [0.717, 1.165) is 16.3 Å². The van der Waals surface area contributed by atoms with Gasteiger partial charge in [0.25, 0.3) is 5.91 Å². The van der Waals surface area contributed by atoms with Crippen molar-refractivity contribution in [3.63, 3.8) is 0 Å². The zero-order valence-corrected chi connectivity index (χ0v) is 13.7. The molecular formula is C16H17N5OS. The monoisotopic (exact) mass is 327 g/mol. The van der Waals surface area contributed by atoms with E-state index in [2.05, 4.69) is 20.5 Å². The van der Waals surface area contributed by atoms with Gasteiger partial charge < -0.3 is 5.32 Å². The summed E-state index contributed by atoms with van der Waals surface area (Å²) in [7, 11) is 0. The van der Waals surface area contributed by atoms with Gasteiger partial charge in [0.15, 0.2) is 0 Å². The standard InChI is InChI=1S/C16H17N5OS/c1-11-15(23-12(2)19-11)16(22)20-14(10-21-17-8-9-18-21)13-6-4-3-5-7-13/h3-9,14H,10H2,1-2H3,(H,20,22). The molecule has 2 heterocycles. The Hall–Kier alpha value is -2.54. The Balaban J connectivity index is 1.83. The number of hydrogen-bond donors (Lipinski definition) is 1. The Labute approximate surface area is 138 Å². The summed E-state index contributed by atoms with van der Waals surface area (Å²) in [5, 5.41) is 12.2. The first-order valence-corrected chi connectivity index (χ1v) is 8.09. The molecule has 1 amide bonds. The molecule has 0 aliphatic heterocycles. The zero-order valence-electron chi connectivity index (χ0n) is 12.9. The number of amides is 1. The van der Waals surface area contributed by atoms with Crippen LogP contribution in [0.1, 0.15) is 32.0 Å². The maximum Gasteiger partial charge on any atom is 0.263 e. The predicted octanol–water partition coefficient (Wildman–Crippen LogP) is 2.52. The fourth-order valence-corrected chi connectivity index (χ4v) is 3.21. The lowest BCUT2D eigenvalue weighted by molar-refractivity contribution is 0.0934. The second-order valence-corrected chi connectivity index (χ2v) is 6.37. The first kappa shape index (κ1) is 15.4. The van der Waals surface area contributed by atoms with Crippen LogP contribution in [-0.2, 0) is 6.54 Å². The van der Waals surface area contributed by atoms with E-state index in [1.807, 2.05) is 44.2 Å². The molecule has 0 aliphatic rings. The molecule has 7 heteroatoms. The molecular weight excluding hydrogens is 310 g/mol. The van der Waals surface area contributed by atoms with E-state index in [1.54, 1.807) is 17.2 Å². The number of benzene rings is 1. The summed E-state index contributed by atoms with van der Waals surface area (Å²) in [4.78, 5) is 19.1. The Bertz CT molecular complexity index is 782. The van der Waals surface area contributed by atoms with E-state index in [4.69, 9.17) is 0 Å². The first-order chi connectivity index (χ1) is 11.1. The third-order valence-corrected chi connectivity index (χ3v) is 4.50. The maximum absolute atomic E-state index is 12.6. The van der Waals surface area contributed by atoms with Crippen molar-refractivity contribution >= 4 is 17.2 Å². The van der Waals surface area contributed by atoms with Crippen molar-refractivity contribution in [2.24, 2.45) is 0 Å². The number of rotatable bonds is 5. The molecule has 2 aromatic heterocycles. The van der Waals surface area contributed by atoms with Gasteiger partial charge in [0.1, 0.15) is 4.88 Å². The predicted molar refractivity (Wildman–Crippen MR) is 88.3 cm³/mol. The molecule has 0 saturated carbocycles. The third kappa shape index (κ3) is 3.62. The first-order valence-electron chi connectivity index (χ1n) is 7.27. The average Bonchev–Trinajstić information content (AvgIpc) is 3.17. The molecule has 118 valence electrons. The van der Waals surface area contributed by atoms with E-state index in [-0.39, 0.29) is 11.9 Å². The molecule has 1 N–H and O–H groups in total. The minimum Gasteiger partial charge on any atom is -0.343 e. The molecule has 0 fully saturated rings. The Morgan fingerprint density at radius 2 is 1.91 bits per heavy atom. The summed E-state index contributed by atoms with van der Waals surface area (Å²) in [5.41, 5.74) is 1.77. The second kappa shape index (κ2) is 6.70. The van der Waals surface area contributed by atoms with Gasteiger partial charge in [0, 0.05) is 0 Å². The topological polar surface area (TPSA) is 72.7 Å². The van der Waals surface area contributed by atoms with Crippen LogP contribution in [0.5, 0.6) is 0 Å². The van der Waals surface area contributed by atoms with Crippen LogP contribution in [0.4, 0.5) is 0 Å². The summed E-state index contributed by atoms with van der Waals surface area (Å²) in [5.74, 6) is -0.117. The summed E-state index contributed by atoms with van der Waals surface area (Å²) in [6.45, 7) is 4.22. The van der Waals surface area contributed by atoms with Crippen LogP contribution in [0.15, 0.2) is 42.7 Å². The highest BCUT2D eigenvalue weighted by atomic mass is 32.1. The minimum absolute atomic E-state index is 0.117. The van der Waals surface area contributed by atoms with Crippen LogP contribution in [-0.4, -0.2) is 25.9 Å². The van der Waals surface area contributed by atoms with Gasteiger partial charge in [-0.1, -0.05) is 30.3 Å². The van der Waals surface area contributed by atoms with Gasteiger partial charge in [-0.25, -0.2) is 4.98 Å². The van der Waals surface area contributed by atoms with Crippen molar-refractivity contribution in [3.8, 4) is 0 Å².